The molecule has 1 aromatic heterocycles. The van der Waals surface area contributed by atoms with Gasteiger partial charge in [-0.05, 0) is 31.9 Å². The molecular formula is C21H24N6O2. The summed E-state index contributed by atoms with van der Waals surface area (Å²) >= 11 is 0. The van der Waals surface area contributed by atoms with Crippen LogP contribution in [0.5, 0.6) is 0 Å². The molecule has 0 unspecified atom stereocenters. The van der Waals surface area contributed by atoms with Crippen molar-refractivity contribution in [1.29, 1.82) is 0 Å². The van der Waals surface area contributed by atoms with Gasteiger partial charge in [0.25, 0.3) is 0 Å². The van der Waals surface area contributed by atoms with Crippen LogP contribution in [0, 0.1) is 6.92 Å². The van der Waals surface area contributed by atoms with Gasteiger partial charge in [-0.25, -0.2) is 9.48 Å². The number of urea groups is 1. The fourth-order valence-electron chi connectivity index (χ4n) is 4.36. The van der Waals surface area contributed by atoms with Crippen molar-refractivity contribution in [2.75, 3.05) is 24.5 Å². The first-order valence-corrected chi connectivity index (χ1v) is 10.2. The van der Waals surface area contributed by atoms with E-state index in [0.717, 1.165) is 42.5 Å². The van der Waals surface area contributed by atoms with Gasteiger partial charge in [0.05, 0.1) is 24.0 Å². The summed E-state index contributed by atoms with van der Waals surface area (Å²) in [6.45, 7) is 3.10. The fourth-order valence-corrected chi connectivity index (χ4v) is 4.36. The number of nitrogens with zero attached hydrogens (tertiary/aromatic N) is 5. The largest absolute Gasteiger partial charge is 0.352 e. The number of carbonyl (C=O) groups excluding carboxylic acids is 2. The van der Waals surface area contributed by atoms with Crippen LogP contribution in [0.3, 0.4) is 0 Å². The molecule has 1 saturated carbocycles. The molecule has 3 amide bonds. The molecule has 1 N–H and O–H groups in total. The molecule has 3 heterocycles. The third-order valence-electron chi connectivity index (χ3n) is 5.84. The summed E-state index contributed by atoms with van der Waals surface area (Å²) in [4.78, 5) is 33.7. The van der Waals surface area contributed by atoms with Crippen LogP contribution < -0.4 is 10.2 Å². The summed E-state index contributed by atoms with van der Waals surface area (Å²) in [5.41, 5.74) is 2.78. The van der Waals surface area contributed by atoms with Gasteiger partial charge in [-0.2, -0.15) is 5.10 Å². The quantitative estimate of drug-likeness (QED) is 0.866. The van der Waals surface area contributed by atoms with Gasteiger partial charge in [0, 0.05) is 12.6 Å². The summed E-state index contributed by atoms with van der Waals surface area (Å²) in [5.74, 6) is 1.13. The predicted molar refractivity (Wildman–Crippen MR) is 110 cm³/mol. The van der Waals surface area contributed by atoms with Gasteiger partial charge in [-0.15, -0.1) is 0 Å². The Morgan fingerprint density at radius 2 is 1.97 bits per heavy atom. The Bertz CT molecular complexity index is 987. The number of carbonyl (C=O) groups is 2. The Hall–Kier alpha value is -3.16. The van der Waals surface area contributed by atoms with E-state index in [1.807, 2.05) is 31.2 Å². The van der Waals surface area contributed by atoms with Crippen LogP contribution in [0.4, 0.5) is 10.6 Å². The standard InChI is InChI=1S/C21H24N6O2/c1-14-6-8-16(9-7-14)27-20-17(12-23-27)19-22-10-11-25(19)21(29)26(20)13-18(28)24-15-4-2-3-5-15/h6-9,12,15H,2-5,10-11,13H2,1H3,(H,24,28). The lowest BCUT2D eigenvalue weighted by atomic mass is 10.2. The fraction of sp³-hybridized carbons (Fsp3) is 0.429. The molecule has 2 aromatic rings. The van der Waals surface area contributed by atoms with E-state index in [1.165, 1.54) is 4.90 Å². The second-order valence-electron chi connectivity index (χ2n) is 7.90. The van der Waals surface area contributed by atoms with Crippen LogP contribution in [0.25, 0.3) is 5.69 Å². The SMILES string of the molecule is Cc1ccc(-n2ncc3c2N(CC(=O)NC2CCCC2)C(=O)N2CCN=C32)cc1. The van der Waals surface area contributed by atoms with Crippen molar-refractivity contribution >= 4 is 23.6 Å². The summed E-state index contributed by atoms with van der Waals surface area (Å²) in [7, 11) is 0. The topological polar surface area (TPSA) is 82.8 Å². The van der Waals surface area contributed by atoms with E-state index in [1.54, 1.807) is 15.8 Å². The molecule has 29 heavy (non-hydrogen) atoms. The first kappa shape index (κ1) is 17.9. The van der Waals surface area contributed by atoms with Crippen molar-refractivity contribution in [2.45, 2.75) is 38.6 Å². The smallest absolute Gasteiger partial charge is 0.331 e. The highest BCUT2D eigenvalue weighted by Crippen LogP contribution is 2.33. The normalized spacial score (nSPS) is 18.7. The highest BCUT2D eigenvalue weighted by molar-refractivity contribution is 6.20. The molecular weight excluding hydrogens is 368 g/mol. The molecule has 0 radical (unpaired) electrons. The summed E-state index contributed by atoms with van der Waals surface area (Å²) < 4.78 is 1.73. The molecule has 1 fully saturated rings. The number of hydrogen-bond acceptors (Lipinski definition) is 4. The van der Waals surface area contributed by atoms with Crippen molar-refractivity contribution in [2.24, 2.45) is 4.99 Å². The molecule has 150 valence electrons. The van der Waals surface area contributed by atoms with Gasteiger partial charge in [-0.1, -0.05) is 30.5 Å². The number of fused-ring (bicyclic) bond motifs is 3. The minimum atomic E-state index is -0.218. The molecule has 0 atom stereocenters. The first-order chi connectivity index (χ1) is 14.1. The second-order valence-corrected chi connectivity index (χ2v) is 7.90. The van der Waals surface area contributed by atoms with E-state index < -0.39 is 0 Å². The van der Waals surface area contributed by atoms with E-state index in [9.17, 15) is 9.59 Å². The van der Waals surface area contributed by atoms with Gasteiger partial charge in [0.1, 0.15) is 12.4 Å². The minimum absolute atomic E-state index is 0.0241. The number of hydrogen-bond donors (Lipinski definition) is 1. The van der Waals surface area contributed by atoms with E-state index in [2.05, 4.69) is 15.4 Å². The monoisotopic (exact) mass is 392 g/mol. The molecule has 0 bridgehead atoms. The number of benzene rings is 1. The van der Waals surface area contributed by atoms with Crippen molar-refractivity contribution in [1.82, 2.24) is 20.0 Å². The maximum atomic E-state index is 13.2. The number of anilines is 1. The summed E-state index contributed by atoms with van der Waals surface area (Å²) in [6, 6.07) is 7.94. The van der Waals surface area contributed by atoms with Gasteiger partial charge in [0.2, 0.25) is 5.91 Å². The summed E-state index contributed by atoms with van der Waals surface area (Å²) in [6.07, 6.45) is 6.04. The minimum Gasteiger partial charge on any atom is -0.352 e. The van der Waals surface area contributed by atoms with E-state index in [-0.39, 0.29) is 24.5 Å². The maximum absolute atomic E-state index is 13.2. The number of amides is 3. The predicted octanol–water partition coefficient (Wildman–Crippen LogP) is 2.24. The summed E-state index contributed by atoms with van der Waals surface area (Å²) in [5, 5.41) is 7.62. The number of amidine groups is 1. The Labute approximate surface area is 169 Å². The molecule has 2 aliphatic heterocycles. The molecule has 8 heteroatoms. The van der Waals surface area contributed by atoms with Crippen LogP contribution in [0.15, 0.2) is 35.5 Å². The van der Waals surface area contributed by atoms with Crippen molar-refractivity contribution in [3.05, 3.63) is 41.6 Å². The first-order valence-electron chi connectivity index (χ1n) is 10.2. The van der Waals surface area contributed by atoms with E-state index >= 15 is 0 Å². The molecule has 8 nitrogen and oxygen atoms in total. The lowest BCUT2D eigenvalue weighted by Gasteiger charge is -2.33. The van der Waals surface area contributed by atoms with Gasteiger partial charge < -0.3 is 5.32 Å². The van der Waals surface area contributed by atoms with Crippen molar-refractivity contribution in [3.63, 3.8) is 0 Å². The zero-order valence-electron chi connectivity index (χ0n) is 16.5. The van der Waals surface area contributed by atoms with Crippen LogP contribution in [0.1, 0.15) is 36.8 Å². The highest BCUT2D eigenvalue weighted by atomic mass is 16.2. The molecule has 0 saturated heterocycles. The van der Waals surface area contributed by atoms with Crippen molar-refractivity contribution in [3.8, 4) is 5.69 Å². The third kappa shape index (κ3) is 3.08. The third-order valence-corrected chi connectivity index (χ3v) is 5.84. The number of aliphatic imine (C=N–C) groups is 1. The molecule has 5 rings (SSSR count). The maximum Gasteiger partial charge on any atom is 0.331 e. The Morgan fingerprint density at radius 1 is 1.21 bits per heavy atom. The van der Waals surface area contributed by atoms with Gasteiger partial charge in [-0.3, -0.25) is 19.6 Å². The second kappa shape index (κ2) is 7.02. The number of aromatic nitrogens is 2. The molecule has 1 aliphatic carbocycles. The average molecular weight is 392 g/mol. The van der Waals surface area contributed by atoms with E-state index in [0.29, 0.717) is 24.7 Å². The number of nitrogens with one attached hydrogen (secondary N) is 1. The van der Waals surface area contributed by atoms with Crippen molar-refractivity contribution < 1.29 is 9.59 Å². The zero-order chi connectivity index (χ0) is 20.0. The molecule has 3 aliphatic rings. The molecule has 0 spiro atoms. The lowest BCUT2D eigenvalue weighted by molar-refractivity contribution is -0.120. The number of aryl methyl sites for hydroxylation is 1. The Morgan fingerprint density at radius 3 is 2.72 bits per heavy atom. The Kier molecular flexibility index (Phi) is 4.34. The Balaban J connectivity index is 1.52. The zero-order valence-corrected chi connectivity index (χ0v) is 16.5. The average Bonchev–Trinajstić information content (AvgIpc) is 3.45. The van der Waals surface area contributed by atoms with Crippen LogP contribution in [-0.2, 0) is 4.79 Å². The van der Waals surface area contributed by atoms with Gasteiger partial charge in [0.15, 0.2) is 5.82 Å². The van der Waals surface area contributed by atoms with Crippen LogP contribution in [0.2, 0.25) is 0 Å². The lowest BCUT2D eigenvalue weighted by Crippen LogP contribution is -2.53. The van der Waals surface area contributed by atoms with Crippen LogP contribution in [-0.4, -0.2) is 58.1 Å². The van der Waals surface area contributed by atoms with E-state index in [4.69, 9.17) is 0 Å². The van der Waals surface area contributed by atoms with Gasteiger partial charge >= 0.3 is 6.03 Å². The highest BCUT2D eigenvalue weighted by Gasteiger charge is 2.41. The molecule has 1 aromatic carbocycles. The number of rotatable bonds is 4. The van der Waals surface area contributed by atoms with Crippen LogP contribution >= 0.6 is 0 Å².